The van der Waals surface area contributed by atoms with Crippen LogP contribution in [0.25, 0.3) is 0 Å². The minimum Gasteiger partial charge on any atom is -0.490 e. The lowest BCUT2D eigenvalue weighted by Gasteiger charge is -2.17. The predicted octanol–water partition coefficient (Wildman–Crippen LogP) is 3.67. The molecule has 0 aliphatic carbocycles. The summed E-state index contributed by atoms with van der Waals surface area (Å²) in [5.41, 5.74) is 2.75. The second-order valence-corrected chi connectivity index (χ2v) is 7.07. The quantitative estimate of drug-likeness (QED) is 0.186. The average Bonchev–Trinajstić information content (AvgIpc) is 2.76. The SMILES string of the molecule is CCNC(=NCc1ccc(C)cc1OC(C)CC)NCCNC(=O)c1cccnc1.I. The normalized spacial score (nSPS) is 11.8. The minimum atomic E-state index is -0.140. The van der Waals surface area contributed by atoms with E-state index in [0.717, 1.165) is 29.8 Å². The van der Waals surface area contributed by atoms with Gasteiger partial charge in [-0.2, -0.15) is 0 Å². The minimum absolute atomic E-state index is 0. The second-order valence-electron chi connectivity index (χ2n) is 7.07. The summed E-state index contributed by atoms with van der Waals surface area (Å²) in [6.45, 7) is 10.5. The number of halogens is 1. The van der Waals surface area contributed by atoms with E-state index in [1.807, 2.05) is 6.92 Å². The average molecular weight is 539 g/mol. The molecule has 0 bridgehead atoms. The van der Waals surface area contributed by atoms with Crippen LogP contribution in [0.2, 0.25) is 0 Å². The number of pyridine rings is 1. The van der Waals surface area contributed by atoms with Crippen LogP contribution < -0.4 is 20.7 Å². The van der Waals surface area contributed by atoms with Crippen molar-refractivity contribution in [1.29, 1.82) is 0 Å². The topological polar surface area (TPSA) is 87.6 Å². The van der Waals surface area contributed by atoms with Crippen molar-refractivity contribution in [3.8, 4) is 5.75 Å². The highest BCUT2D eigenvalue weighted by Crippen LogP contribution is 2.23. The lowest BCUT2D eigenvalue weighted by atomic mass is 10.1. The molecule has 1 unspecified atom stereocenters. The van der Waals surface area contributed by atoms with Crippen LogP contribution in [0.5, 0.6) is 5.75 Å². The molecule has 1 amide bonds. The zero-order valence-corrected chi connectivity index (χ0v) is 21.1. The predicted molar refractivity (Wildman–Crippen MR) is 136 cm³/mol. The number of guanidine groups is 1. The number of carbonyl (C=O) groups is 1. The Morgan fingerprint density at radius 1 is 1.16 bits per heavy atom. The van der Waals surface area contributed by atoms with Crippen LogP contribution in [-0.2, 0) is 6.54 Å². The van der Waals surface area contributed by atoms with Crippen LogP contribution in [0.15, 0.2) is 47.7 Å². The maximum Gasteiger partial charge on any atom is 0.252 e. The maximum atomic E-state index is 12.1. The number of rotatable bonds is 10. The molecule has 1 atom stereocenters. The number of nitrogens with one attached hydrogen (secondary N) is 3. The Bertz CT molecular complexity index is 830. The van der Waals surface area contributed by atoms with Gasteiger partial charge in [0.2, 0.25) is 0 Å². The first kappa shape index (κ1) is 26.7. The highest BCUT2D eigenvalue weighted by Gasteiger charge is 2.08. The van der Waals surface area contributed by atoms with Crippen LogP contribution in [-0.4, -0.2) is 42.6 Å². The van der Waals surface area contributed by atoms with Crippen molar-refractivity contribution >= 4 is 35.8 Å². The molecule has 1 heterocycles. The van der Waals surface area contributed by atoms with Gasteiger partial charge in [0.05, 0.1) is 18.2 Å². The molecule has 8 heteroatoms. The number of hydrogen-bond donors (Lipinski definition) is 3. The van der Waals surface area contributed by atoms with Crippen molar-refractivity contribution in [2.45, 2.75) is 46.8 Å². The second kappa shape index (κ2) is 14.6. The Labute approximate surface area is 202 Å². The molecular formula is C23H34IN5O2. The number of amides is 1. The fourth-order valence-corrected chi connectivity index (χ4v) is 2.66. The molecule has 0 radical (unpaired) electrons. The number of aromatic nitrogens is 1. The lowest BCUT2D eigenvalue weighted by Crippen LogP contribution is -2.41. The fourth-order valence-electron chi connectivity index (χ4n) is 2.66. The van der Waals surface area contributed by atoms with Gasteiger partial charge in [0.1, 0.15) is 5.75 Å². The van der Waals surface area contributed by atoms with Crippen LogP contribution >= 0.6 is 24.0 Å². The molecule has 0 fully saturated rings. The lowest BCUT2D eigenvalue weighted by molar-refractivity contribution is 0.0954. The first-order chi connectivity index (χ1) is 14.5. The zero-order valence-electron chi connectivity index (χ0n) is 18.8. The summed E-state index contributed by atoms with van der Waals surface area (Å²) in [4.78, 5) is 20.7. The van der Waals surface area contributed by atoms with E-state index in [-0.39, 0.29) is 36.0 Å². The van der Waals surface area contributed by atoms with E-state index in [4.69, 9.17) is 4.74 Å². The van der Waals surface area contributed by atoms with Crippen molar-refractivity contribution in [2.75, 3.05) is 19.6 Å². The smallest absolute Gasteiger partial charge is 0.252 e. The molecule has 2 rings (SSSR count). The van der Waals surface area contributed by atoms with Gasteiger partial charge in [-0.3, -0.25) is 9.78 Å². The van der Waals surface area contributed by atoms with Gasteiger partial charge >= 0.3 is 0 Å². The molecule has 7 nitrogen and oxygen atoms in total. The zero-order chi connectivity index (χ0) is 21.8. The highest BCUT2D eigenvalue weighted by atomic mass is 127. The Balaban J connectivity index is 0.00000480. The molecule has 3 N–H and O–H groups in total. The van der Waals surface area contributed by atoms with Gasteiger partial charge < -0.3 is 20.7 Å². The fraction of sp³-hybridized carbons (Fsp3) is 0.435. The molecule has 0 aliphatic rings. The van der Waals surface area contributed by atoms with E-state index < -0.39 is 0 Å². The van der Waals surface area contributed by atoms with Crippen LogP contribution in [0, 0.1) is 6.92 Å². The molecule has 0 aliphatic heterocycles. The summed E-state index contributed by atoms with van der Waals surface area (Å²) in [6.07, 6.45) is 4.30. The van der Waals surface area contributed by atoms with Gasteiger partial charge in [0, 0.05) is 37.6 Å². The van der Waals surface area contributed by atoms with E-state index >= 15 is 0 Å². The van der Waals surface area contributed by atoms with E-state index in [9.17, 15) is 4.79 Å². The van der Waals surface area contributed by atoms with Crippen molar-refractivity contribution in [3.05, 3.63) is 59.4 Å². The summed E-state index contributed by atoms with van der Waals surface area (Å²) >= 11 is 0. The maximum absolute atomic E-state index is 12.1. The Kier molecular flexibility index (Phi) is 12.6. The third-order valence-corrected chi connectivity index (χ3v) is 4.50. The van der Waals surface area contributed by atoms with Crippen molar-refractivity contribution in [2.24, 2.45) is 4.99 Å². The molecule has 2 aromatic rings. The summed E-state index contributed by atoms with van der Waals surface area (Å²) in [7, 11) is 0. The van der Waals surface area contributed by atoms with Gasteiger partial charge in [-0.25, -0.2) is 4.99 Å². The Hall–Kier alpha value is -2.36. The summed E-state index contributed by atoms with van der Waals surface area (Å²) in [5.74, 6) is 1.44. The third-order valence-electron chi connectivity index (χ3n) is 4.50. The van der Waals surface area contributed by atoms with E-state index in [2.05, 4.69) is 64.9 Å². The van der Waals surface area contributed by atoms with Crippen molar-refractivity contribution < 1.29 is 9.53 Å². The standard InChI is InChI=1S/C23H33N5O2.HI/c1-5-18(4)30-21-14-17(3)9-10-19(21)16-28-23(25-6-2)27-13-12-26-22(29)20-8-7-11-24-15-20;/h7-11,14-15,18H,5-6,12-13,16H2,1-4H3,(H,26,29)(H2,25,27,28);1H. The number of hydrogen-bond acceptors (Lipinski definition) is 4. The monoisotopic (exact) mass is 539 g/mol. The van der Waals surface area contributed by atoms with E-state index in [1.165, 1.54) is 0 Å². The first-order valence-corrected chi connectivity index (χ1v) is 10.5. The molecular weight excluding hydrogens is 505 g/mol. The third kappa shape index (κ3) is 9.54. The number of benzene rings is 1. The van der Waals surface area contributed by atoms with Gasteiger partial charge in [-0.1, -0.05) is 19.1 Å². The number of carbonyl (C=O) groups excluding carboxylic acids is 1. The Morgan fingerprint density at radius 3 is 2.61 bits per heavy atom. The van der Waals surface area contributed by atoms with Crippen LogP contribution in [0.3, 0.4) is 0 Å². The number of ether oxygens (including phenoxy) is 1. The van der Waals surface area contributed by atoms with Gasteiger partial charge in [0.25, 0.3) is 5.91 Å². The van der Waals surface area contributed by atoms with E-state index in [1.54, 1.807) is 24.5 Å². The van der Waals surface area contributed by atoms with E-state index in [0.29, 0.717) is 31.2 Å². The van der Waals surface area contributed by atoms with Gasteiger partial charge in [0.15, 0.2) is 5.96 Å². The molecule has 0 spiro atoms. The molecule has 0 saturated heterocycles. The van der Waals surface area contributed by atoms with Gasteiger partial charge in [-0.15, -0.1) is 24.0 Å². The summed E-state index contributed by atoms with van der Waals surface area (Å²) in [6, 6.07) is 9.68. The highest BCUT2D eigenvalue weighted by molar-refractivity contribution is 14.0. The molecule has 0 saturated carbocycles. The van der Waals surface area contributed by atoms with Crippen LogP contribution in [0.1, 0.15) is 48.7 Å². The summed E-state index contributed by atoms with van der Waals surface area (Å²) in [5, 5.41) is 9.35. The number of aryl methyl sites for hydroxylation is 1. The molecule has 1 aromatic heterocycles. The van der Waals surface area contributed by atoms with Crippen molar-refractivity contribution in [3.63, 3.8) is 0 Å². The largest absolute Gasteiger partial charge is 0.490 e. The van der Waals surface area contributed by atoms with Gasteiger partial charge in [-0.05, 0) is 51.0 Å². The molecule has 31 heavy (non-hydrogen) atoms. The number of aliphatic imine (C=N–C) groups is 1. The Morgan fingerprint density at radius 2 is 1.94 bits per heavy atom. The van der Waals surface area contributed by atoms with Crippen LogP contribution in [0.4, 0.5) is 0 Å². The first-order valence-electron chi connectivity index (χ1n) is 10.5. The molecule has 1 aromatic carbocycles. The summed E-state index contributed by atoms with van der Waals surface area (Å²) < 4.78 is 6.07. The van der Waals surface area contributed by atoms with Crippen molar-refractivity contribution in [1.82, 2.24) is 20.9 Å². The molecule has 170 valence electrons. The number of nitrogens with zero attached hydrogens (tertiary/aromatic N) is 2.